The van der Waals surface area contributed by atoms with E-state index < -0.39 is 0 Å². The van der Waals surface area contributed by atoms with Crippen LogP contribution in [-0.2, 0) is 0 Å². The lowest BCUT2D eigenvalue weighted by Crippen LogP contribution is -2.07. The average molecular weight is 279 g/mol. The molecule has 0 aliphatic heterocycles. The largest absolute Gasteiger partial charge is 0.297 e. The Labute approximate surface area is 125 Å². The van der Waals surface area contributed by atoms with Crippen molar-refractivity contribution in [2.75, 3.05) is 13.6 Å². The van der Waals surface area contributed by atoms with Gasteiger partial charge in [-0.1, -0.05) is 51.9 Å². The van der Waals surface area contributed by atoms with Gasteiger partial charge in [-0.05, 0) is 25.2 Å². The molecule has 3 heteroatoms. The van der Waals surface area contributed by atoms with Crippen molar-refractivity contribution in [2.45, 2.75) is 83.6 Å². The molecule has 1 aliphatic rings. The van der Waals surface area contributed by atoms with E-state index in [4.69, 9.17) is 0 Å². The second kappa shape index (κ2) is 12.0. The van der Waals surface area contributed by atoms with E-state index in [1.807, 2.05) is 0 Å². The lowest BCUT2D eigenvalue weighted by Gasteiger charge is -2.13. The Morgan fingerprint density at radius 1 is 1.05 bits per heavy atom. The summed E-state index contributed by atoms with van der Waals surface area (Å²) in [5.41, 5.74) is 0. The summed E-state index contributed by atoms with van der Waals surface area (Å²) in [6.45, 7) is 3.23. The van der Waals surface area contributed by atoms with Gasteiger partial charge in [-0.3, -0.25) is 4.99 Å². The van der Waals surface area contributed by atoms with E-state index in [2.05, 4.69) is 28.4 Å². The van der Waals surface area contributed by atoms with E-state index in [1.165, 1.54) is 57.8 Å². The molecule has 0 aromatic heterocycles. The third-order valence-electron chi connectivity index (χ3n) is 4.25. The monoisotopic (exact) mass is 279 g/mol. The molecule has 0 aromatic carbocycles. The highest BCUT2D eigenvalue weighted by molar-refractivity contribution is 5.58. The van der Waals surface area contributed by atoms with Gasteiger partial charge in [0.2, 0.25) is 0 Å². The molecule has 0 N–H and O–H groups in total. The van der Waals surface area contributed by atoms with Gasteiger partial charge >= 0.3 is 0 Å². The normalized spacial score (nSPS) is 20.9. The van der Waals surface area contributed by atoms with Gasteiger partial charge in [0.1, 0.15) is 0 Å². The van der Waals surface area contributed by atoms with E-state index in [0.29, 0.717) is 6.04 Å². The Bertz CT molecular complexity index is 263. The highest BCUT2D eigenvalue weighted by atomic mass is 15.1. The molecule has 1 fully saturated rings. The van der Waals surface area contributed by atoms with Crippen LogP contribution in [0.3, 0.4) is 0 Å². The minimum Gasteiger partial charge on any atom is -0.297 e. The van der Waals surface area contributed by atoms with Gasteiger partial charge in [-0.2, -0.15) is 10.2 Å². The fourth-order valence-electron chi connectivity index (χ4n) is 3.04. The first-order valence-corrected chi connectivity index (χ1v) is 8.64. The molecule has 0 radical (unpaired) electrons. The van der Waals surface area contributed by atoms with Gasteiger partial charge in [-0.25, -0.2) is 0 Å². The summed E-state index contributed by atoms with van der Waals surface area (Å²) >= 11 is 0. The van der Waals surface area contributed by atoms with Crippen LogP contribution in [0.15, 0.2) is 15.2 Å². The van der Waals surface area contributed by atoms with Gasteiger partial charge in [0.15, 0.2) is 0 Å². The topological polar surface area (TPSA) is 37.1 Å². The fourth-order valence-corrected chi connectivity index (χ4v) is 3.04. The van der Waals surface area contributed by atoms with E-state index in [-0.39, 0.29) is 0 Å². The van der Waals surface area contributed by atoms with Crippen LogP contribution < -0.4 is 0 Å². The number of hydrogen-bond donors (Lipinski definition) is 0. The number of rotatable bonds is 7. The predicted octanol–water partition coefficient (Wildman–Crippen LogP) is 5.45. The van der Waals surface area contributed by atoms with Crippen molar-refractivity contribution in [3.63, 3.8) is 0 Å². The van der Waals surface area contributed by atoms with E-state index in [9.17, 15) is 0 Å². The SMILES string of the molecule is CCCC(CC=NCC1CCCCCCCC1)N=NC. The van der Waals surface area contributed by atoms with Crippen LogP contribution >= 0.6 is 0 Å². The van der Waals surface area contributed by atoms with Gasteiger partial charge < -0.3 is 0 Å². The van der Waals surface area contributed by atoms with Gasteiger partial charge in [-0.15, -0.1) is 0 Å². The van der Waals surface area contributed by atoms with Gasteiger partial charge in [0, 0.05) is 26.2 Å². The molecule has 116 valence electrons. The molecular weight excluding hydrogens is 246 g/mol. The Balaban J connectivity index is 2.26. The molecule has 1 atom stereocenters. The molecule has 1 rings (SSSR count). The van der Waals surface area contributed by atoms with E-state index in [0.717, 1.165) is 25.3 Å². The Morgan fingerprint density at radius 2 is 1.70 bits per heavy atom. The summed E-state index contributed by atoms with van der Waals surface area (Å²) in [6.07, 6.45) is 16.6. The van der Waals surface area contributed by atoms with Crippen LogP contribution in [0.1, 0.15) is 77.6 Å². The average Bonchev–Trinajstić information content (AvgIpc) is 2.58. The van der Waals surface area contributed by atoms with Crippen LogP contribution in [0.4, 0.5) is 0 Å². The smallest absolute Gasteiger partial charge is 0.0757 e. The van der Waals surface area contributed by atoms with Crippen molar-refractivity contribution < 1.29 is 0 Å². The number of azo groups is 1. The lowest BCUT2D eigenvalue weighted by molar-refractivity contribution is 0.438. The van der Waals surface area contributed by atoms with Crippen LogP contribution in [0.5, 0.6) is 0 Å². The second-order valence-corrected chi connectivity index (χ2v) is 6.11. The molecular formula is C17H33N3. The van der Waals surface area contributed by atoms with Crippen LogP contribution in [0.25, 0.3) is 0 Å². The highest BCUT2D eigenvalue weighted by Gasteiger charge is 2.10. The fraction of sp³-hybridized carbons (Fsp3) is 0.941. The van der Waals surface area contributed by atoms with Crippen molar-refractivity contribution in [3.8, 4) is 0 Å². The van der Waals surface area contributed by atoms with Crippen molar-refractivity contribution in [3.05, 3.63) is 0 Å². The predicted molar refractivity (Wildman–Crippen MR) is 87.9 cm³/mol. The molecule has 1 unspecified atom stereocenters. The number of nitrogens with zero attached hydrogens (tertiary/aromatic N) is 3. The molecule has 0 amide bonds. The van der Waals surface area contributed by atoms with Gasteiger partial charge in [0.05, 0.1) is 6.04 Å². The maximum Gasteiger partial charge on any atom is 0.0757 e. The lowest BCUT2D eigenvalue weighted by atomic mass is 9.97. The van der Waals surface area contributed by atoms with Crippen LogP contribution in [0, 0.1) is 5.92 Å². The Hall–Kier alpha value is -0.730. The first-order chi connectivity index (χ1) is 9.86. The van der Waals surface area contributed by atoms with Crippen molar-refractivity contribution >= 4 is 6.21 Å². The standard InChI is InChI=1S/C17H33N3/c1-3-10-17(20-18-2)13-14-19-15-16-11-8-6-4-5-7-9-12-16/h14,16-17H,3-13,15H2,1-2H3. The maximum absolute atomic E-state index is 4.68. The first-order valence-electron chi connectivity index (χ1n) is 8.64. The molecule has 1 aliphatic carbocycles. The zero-order valence-corrected chi connectivity index (χ0v) is 13.6. The summed E-state index contributed by atoms with van der Waals surface area (Å²) < 4.78 is 0. The number of hydrogen-bond acceptors (Lipinski definition) is 3. The van der Waals surface area contributed by atoms with Crippen molar-refractivity contribution in [2.24, 2.45) is 21.1 Å². The molecule has 20 heavy (non-hydrogen) atoms. The number of aliphatic imine (C=N–C) groups is 1. The molecule has 1 saturated carbocycles. The zero-order chi connectivity index (χ0) is 14.5. The molecule has 0 spiro atoms. The molecule has 0 aromatic rings. The summed E-state index contributed by atoms with van der Waals surface area (Å²) in [5, 5.41) is 8.19. The van der Waals surface area contributed by atoms with Gasteiger partial charge in [0.25, 0.3) is 0 Å². The summed E-state index contributed by atoms with van der Waals surface area (Å²) in [7, 11) is 1.76. The molecule has 0 heterocycles. The van der Waals surface area contributed by atoms with Crippen LogP contribution in [-0.4, -0.2) is 25.8 Å². The summed E-state index contributed by atoms with van der Waals surface area (Å²) in [6, 6.07) is 0.342. The third kappa shape index (κ3) is 8.44. The summed E-state index contributed by atoms with van der Waals surface area (Å²) in [5.74, 6) is 0.821. The third-order valence-corrected chi connectivity index (χ3v) is 4.25. The summed E-state index contributed by atoms with van der Waals surface area (Å²) in [4.78, 5) is 4.68. The van der Waals surface area contributed by atoms with Crippen molar-refractivity contribution in [1.29, 1.82) is 0 Å². The van der Waals surface area contributed by atoms with Crippen LogP contribution in [0.2, 0.25) is 0 Å². The van der Waals surface area contributed by atoms with Crippen molar-refractivity contribution in [1.82, 2.24) is 0 Å². The highest BCUT2D eigenvalue weighted by Crippen LogP contribution is 2.22. The quantitative estimate of drug-likeness (QED) is 0.439. The second-order valence-electron chi connectivity index (χ2n) is 6.11. The minimum absolute atomic E-state index is 0.342. The Morgan fingerprint density at radius 3 is 2.30 bits per heavy atom. The Kier molecular flexibility index (Phi) is 10.4. The molecule has 3 nitrogen and oxygen atoms in total. The first kappa shape index (κ1) is 17.3. The van der Waals surface area contributed by atoms with E-state index in [1.54, 1.807) is 7.05 Å². The molecule has 0 bridgehead atoms. The zero-order valence-electron chi connectivity index (χ0n) is 13.6. The minimum atomic E-state index is 0.342. The molecule has 0 saturated heterocycles. The van der Waals surface area contributed by atoms with E-state index >= 15 is 0 Å². The maximum atomic E-state index is 4.68.